The van der Waals surface area contributed by atoms with E-state index >= 15 is 0 Å². The van der Waals surface area contributed by atoms with Crippen LogP contribution in [0.1, 0.15) is 16.7 Å². The fourth-order valence-electron chi connectivity index (χ4n) is 1.89. The van der Waals surface area contributed by atoms with Crippen molar-refractivity contribution in [3.8, 4) is 17.2 Å². The number of rotatable bonds is 1. The van der Waals surface area contributed by atoms with Crippen molar-refractivity contribution in [2.24, 2.45) is 0 Å². The van der Waals surface area contributed by atoms with Gasteiger partial charge in [0.1, 0.15) is 5.82 Å². The molecule has 2 aromatic carbocycles. The van der Waals surface area contributed by atoms with Crippen molar-refractivity contribution in [1.82, 2.24) is 0 Å². The Morgan fingerprint density at radius 2 is 1.70 bits per heavy atom. The van der Waals surface area contributed by atoms with E-state index in [1.54, 1.807) is 13.0 Å². The Hall–Kier alpha value is -2.35. The third-order valence-electron chi connectivity index (χ3n) is 2.95. The van der Waals surface area contributed by atoms with E-state index in [2.05, 4.69) is 0 Å². The highest BCUT2D eigenvalue weighted by molar-refractivity contribution is 5.70. The van der Waals surface area contributed by atoms with Crippen molar-refractivity contribution in [3.05, 3.63) is 58.9 Å². The Bertz CT molecular complexity index is 696. The molecule has 2 rings (SSSR count). The summed E-state index contributed by atoms with van der Waals surface area (Å²) < 4.78 is 51.9. The standard InChI is InChI=1S/C15H9F4N/c1-9-2-3-10(8-20)6-12(9)13-7-11(15(17,18)19)4-5-14(13)16/h2-7H,1H3. The fourth-order valence-corrected chi connectivity index (χ4v) is 1.89. The number of nitriles is 1. The van der Waals surface area contributed by atoms with E-state index in [1.165, 1.54) is 12.1 Å². The Balaban J connectivity index is 2.67. The molecule has 0 aliphatic heterocycles. The van der Waals surface area contributed by atoms with Crippen LogP contribution in [0.15, 0.2) is 36.4 Å². The molecule has 0 saturated heterocycles. The summed E-state index contributed by atoms with van der Waals surface area (Å²) in [5.41, 5.74) is 0.0716. The lowest BCUT2D eigenvalue weighted by molar-refractivity contribution is -0.137. The zero-order chi connectivity index (χ0) is 14.9. The van der Waals surface area contributed by atoms with E-state index in [0.717, 1.165) is 12.1 Å². The largest absolute Gasteiger partial charge is 0.416 e. The van der Waals surface area contributed by atoms with Crippen LogP contribution in [0, 0.1) is 24.1 Å². The number of halogens is 4. The van der Waals surface area contributed by atoms with Gasteiger partial charge in [-0.3, -0.25) is 0 Å². The van der Waals surface area contributed by atoms with Crippen molar-refractivity contribution >= 4 is 0 Å². The van der Waals surface area contributed by atoms with Crippen molar-refractivity contribution in [2.45, 2.75) is 13.1 Å². The lowest BCUT2D eigenvalue weighted by Crippen LogP contribution is -2.05. The molecule has 0 aromatic heterocycles. The highest BCUT2D eigenvalue weighted by Gasteiger charge is 2.31. The van der Waals surface area contributed by atoms with Gasteiger partial charge in [-0.05, 0) is 48.4 Å². The molecular formula is C15H9F4N. The average Bonchev–Trinajstić information content (AvgIpc) is 2.39. The number of hydrogen-bond acceptors (Lipinski definition) is 1. The normalized spacial score (nSPS) is 11.2. The molecule has 1 nitrogen and oxygen atoms in total. The Morgan fingerprint density at radius 1 is 1.00 bits per heavy atom. The monoisotopic (exact) mass is 279 g/mol. The maximum Gasteiger partial charge on any atom is 0.416 e. The lowest BCUT2D eigenvalue weighted by Gasteiger charge is -2.12. The maximum absolute atomic E-state index is 13.8. The van der Waals surface area contributed by atoms with Gasteiger partial charge in [-0.25, -0.2) is 4.39 Å². The summed E-state index contributed by atoms with van der Waals surface area (Å²) in [6.45, 7) is 1.65. The molecule has 0 N–H and O–H groups in total. The predicted molar refractivity (Wildman–Crippen MR) is 66.3 cm³/mol. The molecule has 0 spiro atoms. The first-order chi connectivity index (χ1) is 9.32. The second-order valence-corrected chi connectivity index (χ2v) is 4.33. The molecule has 0 heterocycles. The maximum atomic E-state index is 13.8. The van der Waals surface area contributed by atoms with Crippen LogP contribution in [0.4, 0.5) is 17.6 Å². The quantitative estimate of drug-likeness (QED) is 0.694. The van der Waals surface area contributed by atoms with Gasteiger partial charge in [-0.1, -0.05) is 6.07 Å². The molecule has 0 bridgehead atoms. The number of hydrogen-bond donors (Lipinski definition) is 0. The Labute approximate surface area is 113 Å². The summed E-state index contributed by atoms with van der Waals surface area (Å²) in [6.07, 6.45) is -4.54. The van der Waals surface area contributed by atoms with Gasteiger partial charge in [0.15, 0.2) is 0 Å². The average molecular weight is 279 g/mol. The molecule has 0 aliphatic rings. The molecule has 5 heteroatoms. The van der Waals surface area contributed by atoms with Crippen LogP contribution in [0.5, 0.6) is 0 Å². The molecule has 0 saturated carbocycles. The molecule has 0 fully saturated rings. The Kier molecular flexibility index (Phi) is 3.49. The third-order valence-corrected chi connectivity index (χ3v) is 2.95. The van der Waals surface area contributed by atoms with E-state index in [-0.39, 0.29) is 16.7 Å². The van der Waals surface area contributed by atoms with Crippen molar-refractivity contribution < 1.29 is 17.6 Å². The predicted octanol–water partition coefficient (Wildman–Crippen LogP) is 4.69. The smallest absolute Gasteiger partial charge is 0.206 e. The molecule has 102 valence electrons. The fraction of sp³-hybridized carbons (Fsp3) is 0.133. The minimum Gasteiger partial charge on any atom is -0.206 e. The first-order valence-electron chi connectivity index (χ1n) is 5.71. The summed E-state index contributed by atoms with van der Waals surface area (Å²) in [5.74, 6) is -0.754. The highest BCUT2D eigenvalue weighted by Crippen LogP contribution is 2.34. The second-order valence-electron chi connectivity index (χ2n) is 4.33. The van der Waals surface area contributed by atoms with E-state index in [4.69, 9.17) is 5.26 Å². The SMILES string of the molecule is Cc1ccc(C#N)cc1-c1cc(C(F)(F)F)ccc1F. The molecule has 0 atom stereocenters. The molecule has 2 aromatic rings. The van der Waals surface area contributed by atoms with Crippen molar-refractivity contribution in [3.63, 3.8) is 0 Å². The third kappa shape index (κ3) is 2.64. The number of aryl methyl sites for hydroxylation is 1. The van der Waals surface area contributed by atoms with Gasteiger partial charge < -0.3 is 0 Å². The van der Waals surface area contributed by atoms with Crippen molar-refractivity contribution in [2.75, 3.05) is 0 Å². The molecule has 0 radical (unpaired) electrons. The van der Waals surface area contributed by atoms with E-state index in [1.807, 2.05) is 6.07 Å². The van der Waals surface area contributed by atoms with E-state index in [0.29, 0.717) is 11.6 Å². The first-order valence-corrected chi connectivity index (χ1v) is 5.71. The zero-order valence-corrected chi connectivity index (χ0v) is 10.4. The lowest BCUT2D eigenvalue weighted by atomic mass is 9.96. The van der Waals surface area contributed by atoms with E-state index < -0.39 is 17.6 Å². The topological polar surface area (TPSA) is 23.8 Å². The second kappa shape index (κ2) is 4.97. The van der Waals surface area contributed by atoms with Crippen LogP contribution in [0.2, 0.25) is 0 Å². The summed E-state index contributed by atoms with van der Waals surface area (Å²) in [4.78, 5) is 0. The van der Waals surface area contributed by atoms with Crippen LogP contribution in [0.25, 0.3) is 11.1 Å². The summed E-state index contributed by atoms with van der Waals surface area (Å²) in [7, 11) is 0. The molecule has 20 heavy (non-hydrogen) atoms. The summed E-state index contributed by atoms with van der Waals surface area (Å²) in [6, 6.07) is 8.62. The van der Waals surface area contributed by atoms with Gasteiger partial charge in [-0.15, -0.1) is 0 Å². The van der Waals surface area contributed by atoms with Crippen LogP contribution in [-0.2, 0) is 6.18 Å². The van der Waals surface area contributed by atoms with Gasteiger partial charge in [0, 0.05) is 5.56 Å². The minimum absolute atomic E-state index is 0.158. The Morgan fingerprint density at radius 3 is 2.30 bits per heavy atom. The van der Waals surface area contributed by atoms with Crippen LogP contribution in [-0.4, -0.2) is 0 Å². The molecule has 0 amide bonds. The summed E-state index contributed by atoms with van der Waals surface area (Å²) >= 11 is 0. The van der Waals surface area contributed by atoms with Crippen molar-refractivity contribution in [1.29, 1.82) is 5.26 Å². The van der Waals surface area contributed by atoms with Crippen LogP contribution >= 0.6 is 0 Å². The number of alkyl halides is 3. The molecular weight excluding hydrogens is 270 g/mol. The van der Waals surface area contributed by atoms with Crippen LogP contribution in [0.3, 0.4) is 0 Å². The molecule has 0 unspecified atom stereocenters. The van der Waals surface area contributed by atoms with Gasteiger partial charge in [0.25, 0.3) is 0 Å². The van der Waals surface area contributed by atoms with Gasteiger partial charge in [0.05, 0.1) is 17.2 Å². The highest BCUT2D eigenvalue weighted by atomic mass is 19.4. The first kappa shape index (κ1) is 14.1. The molecule has 0 aliphatic carbocycles. The van der Waals surface area contributed by atoms with E-state index in [9.17, 15) is 17.6 Å². The zero-order valence-electron chi connectivity index (χ0n) is 10.4. The van der Waals surface area contributed by atoms with Gasteiger partial charge >= 0.3 is 6.18 Å². The summed E-state index contributed by atoms with van der Waals surface area (Å²) in [5, 5.41) is 8.83. The number of benzene rings is 2. The van der Waals surface area contributed by atoms with Gasteiger partial charge in [0.2, 0.25) is 0 Å². The number of nitrogens with zero attached hydrogens (tertiary/aromatic N) is 1. The minimum atomic E-state index is -4.54. The van der Waals surface area contributed by atoms with Crippen LogP contribution < -0.4 is 0 Å². The van der Waals surface area contributed by atoms with Gasteiger partial charge in [-0.2, -0.15) is 18.4 Å².